The van der Waals surface area contributed by atoms with Crippen LogP contribution in [0, 0.1) is 0 Å². The zero-order chi connectivity index (χ0) is 15.3. The van der Waals surface area contributed by atoms with Crippen LogP contribution in [0.25, 0.3) is 10.8 Å². The highest BCUT2D eigenvalue weighted by atomic mass is 32.2. The first kappa shape index (κ1) is 16.4. The van der Waals surface area contributed by atoms with E-state index in [1.54, 1.807) is 19.9 Å². The summed E-state index contributed by atoms with van der Waals surface area (Å²) < 4.78 is 35.2. The second-order valence-electron chi connectivity index (χ2n) is 4.43. The Morgan fingerprint density at radius 2 is 1.62 bits per heavy atom. The predicted octanol–water partition coefficient (Wildman–Crippen LogP) is 4.17. The van der Waals surface area contributed by atoms with Gasteiger partial charge in [0.2, 0.25) is 0 Å². The van der Waals surface area contributed by atoms with Crippen LogP contribution in [0.5, 0.6) is 0 Å². The molecule has 2 aromatic carbocycles. The fourth-order valence-electron chi connectivity index (χ4n) is 2.03. The molecule has 114 valence electrons. The topological polar surface area (TPSA) is 52.6 Å². The van der Waals surface area contributed by atoms with Crippen molar-refractivity contribution in [2.75, 3.05) is 18.7 Å². The van der Waals surface area contributed by atoms with Crippen molar-refractivity contribution in [1.29, 1.82) is 0 Å². The van der Waals surface area contributed by atoms with E-state index >= 15 is 0 Å². The largest absolute Gasteiger partial charge is 0.343 e. The van der Waals surface area contributed by atoms with Crippen LogP contribution < -0.4 is 0 Å². The van der Waals surface area contributed by atoms with Crippen molar-refractivity contribution in [3.63, 3.8) is 0 Å². The van der Waals surface area contributed by atoms with Crippen molar-refractivity contribution in [2.45, 2.75) is 18.7 Å². The van der Waals surface area contributed by atoms with Gasteiger partial charge in [0.1, 0.15) is 5.49 Å². The summed E-state index contributed by atoms with van der Waals surface area (Å²) in [5.41, 5.74) is -0.118. The lowest BCUT2D eigenvalue weighted by Crippen LogP contribution is -2.05. The standard InChI is InChI=1S/C15H19O4PS/c1-3-18-20(16,19-4-2)12-21(17)15-10-9-13-7-5-6-8-14(13)11-15/h5-11H,3-4,12H2,1-2H3. The first-order valence-electron chi connectivity index (χ1n) is 6.83. The number of benzene rings is 2. The Balaban J connectivity index is 2.23. The molecule has 1 atom stereocenters. The maximum absolute atomic E-state index is 12.4. The molecule has 0 spiro atoms. The van der Waals surface area contributed by atoms with Crippen LogP contribution in [-0.2, 0) is 24.4 Å². The van der Waals surface area contributed by atoms with Crippen LogP contribution in [0.1, 0.15) is 13.8 Å². The zero-order valence-corrected chi connectivity index (χ0v) is 13.9. The lowest BCUT2D eigenvalue weighted by atomic mass is 10.1. The molecule has 1 unspecified atom stereocenters. The smallest absolute Gasteiger partial charge is 0.308 e. The highest BCUT2D eigenvalue weighted by molar-refractivity contribution is 7.92. The molecule has 0 radical (unpaired) electrons. The number of hydrogen-bond donors (Lipinski definition) is 0. The summed E-state index contributed by atoms with van der Waals surface area (Å²) in [6.07, 6.45) is 0. The van der Waals surface area contributed by atoms with Gasteiger partial charge in [-0.25, -0.2) is 0 Å². The average Bonchev–Trinajstić information content (AvgIpc) is 2.47. The van der Waals surface area contributed by atoms with Crippen molar-refractivity contribution in [3.8, 4) is 0 Å². The van der Waals surface area contributed by atoms with Gasteiger partial charge in [0.05, 0.1) is 24.0 Å². The Morgan fingerprint density at radius 1 is 1.00 bits per heavy atom. The molecule has 0 aliphatic carbocycles. The van der Waals surface area contributed by atoms with Gasteiger partial charge in [-0.1, -0.05) is 30.3 Å². The SMILES string of the molecule is CCOP(=O)(CS(=O)c1ccc2ccccc2c1)OCC. The molecule has 0 heterocycles. The van der Waals surface area contributed by atoms with E-state index in [2.05, 4.69) is 0 Å². The van der Waals surface area contributed by atoms with Gasteiger partial charge < -0.3 is 9.05 Å². The van der Waals surface area contributed by atoms with Crippen molar-refractivity contribution < 1.29 is 17.8 Å². The molecule has 2 rings (SSSR count). The maximum Gasteiger partial charge on any atom is 0.343 e. The number of fused-ring (bicyclic) bond motifs is 1. The van der Waals surface area contributed by atoms with E-state index in [4.69, 9.17) is 9.05 Å². The Labute approximate surface area is 127 Å². The van der Waals surface area contributed by atoms with E-state index in [0.717, 1.165) is 10.8 Å². The minimum Gasteiger partial charge on any atom is -0.308 e. The molecule has 0 N–H and O–H groups in total. The molecular weight excluding hydrogens is 307 g/mol. The molecule has 0 amide bonds. The minimum absolute atomic E-state index is 0.118. The molecule has 0 bridgehead atoms. The van der Waals surface area contributed by atoms with Crippen molar-refractivity contribution in [1.82, 2.24) is 0 Å². The molecule has 0 aromatic heterocycles. The lowest BCUT2D eigenvalue weighted by Gasteiger charge is -2.16. The minimum atomic E-state index is -3.30. The van der Waals surface area contributed by atoms with Gasteiger partial charge in [-0.05, 0) is 36.8 Å². The van der Waals surface area contributed by atoms with Gasteiger partial charge in [0.15, 0.2) is 0 Å². The zero-order valence-electron chi connectivity index (χ0n) is 12.2. The van der Waals surface area contributed by atoms with Gasteiger partial charge in [0.25, 0.3) is 0 Å². The molecule has 6 heteroatoms. The maximum atomic E-state index is 12.4. The summed E-state index contributed by atoms with van der Waals surface area (Å²) in [4.78, 5) is 0.633. The highest BCUT2D eigenvalue weighted by Crippen LogP contribution is 2.49. The Kier molecular flexibility index (Phi) is 5.71. The van der Waals surface area contributed by atoms with Crippen molar-refractivity contribution in [3.05, 3.63) is 42.5 Å². The monoisotopic (exact) mass is 326 g/mol. The molecule has 21 heavy (non-hydrogen) atoms. The van der Waals surface area contributed by atoms with Crippen LogP contribution in [0.2, 0.25) is 0 Å². The van der Waals surface area contributed by atoms with E-state index in [1.807, 2.05) is 36.4 Å². The lowest BCUT2D eigenvalue weighted by molar-refractivity contribution is 0.224. The van der Waals surface area contributed by atoms with Crippen LogP contribution in [0.4, 0.5) is 0 Å². The molecule has 0 saturated carbocycles. The van der Waals surface area contributed by atoms with Crippen LogP contribution in [0.3, 0.4) is 0 Å². The molecule has 0 saturated heterocycles. The Bertz CT molecular complexity index is 676. The number of hydrogen-bond acceptors (Lipinski definition) is 4. The highest BCUT2D eigenvalue weighted by Gasteiger charge is 2.27. The van der Waals surface area contributed by atoms with Gasteiger partial charge in [-0.3, -0.25) is 8.77 Å². The fraction of sp³-hybridized carbons (Fsp3) is 0.333. The summed E-state index contributed by atoms with van der Waals surface area (Å²) in [6, 6.07) is 13.4. The third-order valence-corrected chi connectivity index (χ3v) is 7.20. The Morgan fingerprint density at radius 3 is 2.24 bits per heavy atom. The molecule has 4 nitrogen and oxygen atoms in total. The second kappa shape index (κ2) is 7.32. The quantitative estimate of drug-likeness (QED) is 0.717. The molecule has 0 fully saturated rings. The summed E-state index contributed by atoms with van der Waals surface area (Å²) in [5.74, 6) is 0. The van der Waals surface area contributed by atoms with Crippen molar-refractivity contribution >= 4 is 29.2 Å². The van der Waals surface area contributed by atoms with Gasteiger partial charge in [-0.2, -0.15) is 0 Å². The third kappa shape index (κ3) is 4.24. The molecule has 2 aromatic rings. The summed E-state index contributed by atoms with van der Waals surface area (Å²) >= 11 is 0. The molecule has 0 aliphatic heterocycles. The van der Waals surface area contributed by atoms with Crippen molar-refractivity contribution in [2.24, 2.45) is 0 Å². The van der Waals surface area contributed by atoms with E-state index in [9.17, 15) is 8.77 Å². The third-order valence-electron chi connectivity index (χ3n) is 2.91. The predicted molar refractivity (Wildman–Crippen MR) is 86.1 cm³/mol. The normalized spacial score (nSPS) is 13.4. The Hall–Kier alpha value is -1.00. The summed E-state index contributed by atoms with van der Waals surface area (Å²) in [6.45, 7) is 4.02. The average molecular weight is 326 g/mol. The van der Waals surface area contributed by atoms with Crippen LogP contribution in [-0.4, -0.2) is 22.9 Å². The van der Waals surface area contributed by atoms with Gasteiger partial charge in [-0.15, -0.1) is 0 Å². The van der Waals surface area contributed by atoms with Crippen LogP contribution in [0.15, 0.2) is 47.4 Å². The molecular formula is C15H19O4PS. The first-order chi connectivity index (χ1) is 10.1. The van der Waals surface area contributed by atoms with Gasteiger partial charge in [0, 0.05) is 4.90 Å². The van der Waals surface area contributed by atoms with E-state index < -0.39 is 18.4 Å². The second-order valence-corrected chi connectivity index (χ2v) is 8.36. The first-order valence-corrected chi connectivity index (χ1v) is 9.88. The fourth-order valence-corrected chi connectivity index (χ4v) is 5.71. The summed E-state index contributed by atoms with van der Waals surface area (Å²) in [5, 5.41) is 2.09. The van der Waals surface area contributed by atoms with Gasteiger partial charge >= 0.3 is 7.60 Å². The van der Waals surface area contributed by atoms with E-state index in [1.165, 1.54) is 0 Å². The van der Waals surface area contributed by atoms with E-state index in [0.29, 0.717) is 4.90 Å². The molecule has 0 aliphatic rings. The van der Waals surface area contributed by atoms with E-state index in [-0.39, 0.29) is 18.7 Å². The van der Waals surface area contributed by atoms with Crippen LogP contribution >= 0.6 is 7.60 Å². The number of rotatable bonds is 7. The summed E-state index contributed by atoms with van der Waals surface area (Å²) in [7, 11) is -4.73.